The monoisotopic (exact) mass is 366 g/mol. The van der Waals surface area contributed by atoms with Gasteiger partial charge in [-0.1, -0.05) is 0 Å². The van der Waals surface area contributed by atoms with Crippen molar-refractivity contribution in [1.82, 2.24) is 9.80 Å². The van der Waals surface area contributed by atoms with Gasteiger partial charge in [-0.15, -0.1) is 11.3 Å². The number of hydrogen-bond acceptors (Lipinski definition) is 5. The largest absolute Gasteiger partial charge is 0.450 e. The fourth-order valence-corrected chi connectivity index (χ4v) is 4.52. The minimum atomic E-state index is -0.498. The van der Waals surface area contributed by atoms with Gasteiger partial charge in [0.25, 0.3) is 5.91 Å². The van der Waals surface area contributed by atoms with Gasteiger partial charge in [0.2, 0.25) is 0 Å². The maximum absolute atomic E-state index is 12.5. The molecule has 1 saturated heterocycles. The molecule has 0 aromatic carbocycles. The predicted octanol–water partition coefficient (Wildman–Crippen LogP) is 1.64. The molecule has 0 atom stereocenters. The van der Waals surface area contributed by atoms with Gasteiger partial charge in [-0.25, -0.2) is 9.59 Å². The Morgan fingerprint density at radius 1 is 1.16 bits per heavy atom. The maximum atomic E-state index is 12.5. The molecule has 9 heteroatoms. The van der Waals surface area contributed by atoms with Crippen molar-refractivity contribution in [3.63, 3.8) is 0 Å². The van der Waals surface area contributed by atoms with Crippen molar-refractivity contribution in [1.29, 1.82) is 0 Å². The van der Waals surface area contributed by atoms with Crippen LogP contribution in [0, 0.1) is 0 Å². The average Bonchev–Trinajstić information content (AvgIpc) is 3.15. The number of piperazine rings is 1. The van der Waals surface area contributed by atoms with E-state index in [0.29, 0.717) is 43.4 Å². The van der Waals surface area contributed by atoms with E-state index in [9.17, 15) is 14.4 Å². The lowest BCUT2D eigenvalue weighted by molar-refractivity contribution is 0.0868. The summed E-state index contributed by atoms with van der Waals surface area (Å²) in [4.78, 5) is 40.3. The third-order valence-electron chi connectivity index (χ3n) is 4.48. The zero-order chi connectivity index (χ0) is 18.0. The molecule has 136 valence electrons. The molecule has 3 N–H and O–H groups in total. The number of thiophene rings is 1. The molecule has 0 radical (unpaired) electrons. The van der Waals surface area contributed by atoms with Crippen molar-refractivity contribution >= 4 is 34.4 Å². The van der Waals surface area contributed by atoms with Crippen molar-refractivity contribution in [3.8, 4) is 0 Å². The molecule has 0 unspecified atom stereocenters. The summed E-state index contributed by atoms with van der Waals surface area (Å²) < 4.78 is 4.97. The first-order valence-electron chi connectivity index (χ1n) is 8.43. The molecule has 1 aromatic rings. The minimum absolute atomic E-state index is 0.272. The van der Waals surface area contributed by atoms with Crippen LogP contribution in [0.4, 0.5) is 14.6 Å². The van der Waals surface area contributed by atoms with E-state index in [1.54, 1.807) is 16.7 Å². The second-order valence-electron chi connectivity index (χ2n) is 6.03. The predicted molar refractivity (Wildman–Crippen MR) is 94.0 cm³/mol. The highest BCUT2D eigenvalue weighted by Gasteiger charge is 2.29. The van der Waals surface area contributed by atoms with Gasteiger partial charge >= 0.3 is 12.1 Å². The number of ether oxygens (including phenoxy) is 1. The highest BCUT2D eigenvalue weighted by molar-refractivity contribution is 7.17. The van der Waals surface area contributed by atoms with E-state index in [4.69, 9.17) is 10.5 Å². The van der Waals surface area contributed by atoms with Gasteiger partial charge in [-0.3, -0.25) is 10.1 Å². The molecule has 2 heterocycles. The molecule has 0 spiro atoms. The smallest absolute Gasteiger partial charge is 0.409 e. The number of primary amides is 1. The quantitative estimate of drug-likeness (QED) is 0.848. The Labute approximate surface area is 149 Å². The summed E-state index contributed by atoms with van der Waals surface area (Å²) in [5, 5.41) is 3.37. The molecule has 1 aliphatic carbocycles. The number of hydrogen-bond donors (Lipinski definition) is 2. The van der Waals surface area contributed by atoms with Gasteiger partial charge in [0.15, 0.2) is 0 Å². The zero-order valence-electron chi connectivity index (χ0n) is 14.2. The standard InChI is InChI=1S/C16H22N4O4S/c1-2-24-16(23)20-8-6-19(7-9-20)15(22)18-14-12(13(17)21)10-4-3-5-11(10)25-14/h2-9H2,1H3,(H2,17,21)(H,18,22). The number of amides is 4. The Balaban J connectivity index is 1.63. The number of carbonyl (C=O) groups excluding carboxylic acids is 3. The van der Waals surface area contributed by atoms with E-state index in [1.165, 1.54) is 11.3 Å². The Hall–Kier alpha value is -2.29. The third-order valence-corrected chi connectivity index (χ3v) is 5.69. The van der Waals surface area contributed by atoms with Crippen LogP contribution < -0.4 is 11.1 Å². The molecular weight excluding hydrogens is 344 g/mol. The van der Waals surface area contributed by atoms with Crippen molar-refractivity contribution in [2.24, 2.45) is 5.73 Å². The summed E-state index contributed by atoms with van der Waals surface area (Å²) in [5.41, 5.74) is 6.95. The van der Waals surface area contributed by atoms with Crippen LogP contribution in [-0.4, -0.2) is 60.6 Å². The number of rotatable bonds is 3. The molecule has 0 saturated carbocycles. The number of nitrogens with zero attached hydrogens (tertiary/aromatic N) is 2. The molecule has 3 rings (SSSR count). The highest BCUT2D eigenvalue weighted by atomic mass is 32.1. The lowest BCUT2D eigenvalue weighted by atomic mass is 10.1. The van der Waals surface area contributed by atoms with Crippen LogP contribution in [-0.2, 0) is 17.6 Å². The molecule has 4 amide bonds. The first kappa shape index (κ1) is 17.5. The van der Waals surface area contributed by atoms with E-state index in [2.05, 4.69) is 5.32 Å². The van der Waals surface area contributed by atoms with Crippen molar-refractivity contribution in [2.45, 2.75) is 26.2 Å². The summed E-state index contributed by atoms with van der Waals surface area (Å²) >= 11 is 1.44. The van der Waals surface area contributed by atoms with Gasteiger partial charge in [0.1, 0.15) is 5.00 Å². The Morgan fingerprint density at radius 2 is 1.84 bits per heavy atom. The molecule has 1 fully saturated rings. The van der Waals surface area contributed by atoms with E-state index in [1.807, 2.05) is 0 Å². The van der Waals surface area contributed by atoms with Crippen LogP contribution in [0.5, 0.6) is 0 Å². The lowest BCUT2D eigenvalue weighted by Gasteiger charge is -2.33. The SMILES string of the molecule is CCOC(=O)N1CCN(C(=O)Nc2sc3c(c2C(N)=O)CCC3)CC1. The summed E-state index contributed by atoms with van der Waals surface area (Å²) in [6.07, 6.45) is 2.42. The van der Waals surface area contributed by atoms with Gasteiger partial charge in [-0.05, 0) is 31.7 Å². The fourth-order valence-electron chi connectivity index (χ4n) is 3.24. The maximum Gasteiger partial charge on any atom is 0.409 e. The first-order chi connectivity index (χ1) is 12.0. The van der Waals surface area contributed by atoms with Crippen LogP contribution >= 0.6 is 11.3 Å². The summed E-state index contributed by atoms with van der Waals surface area (Å²) in [6, 6.07) is -0.272. The van der Waals surface area contributed by atoms with Gasteiger partial charge in [0, 0.05) is 31.1 Å². The Bertz CT molecular complexity index is 695. The van der Waals surface area contributed by atoms with Crippen LogP contribution in [0.15, 0.2) is 0 Å². The molecule has 25 heavy (non-hydrogen) atoms. The Kier molecular flexibility index (Phi) is 5.12. The van der Waals surface area contributed by atoms with E-state index in [0.717, 1.165) is 29.7 Å². The number of fused-ring (bicyclic) bond motifs is 1. The van der Waals surface area contributed by atoms with Crippen LogP contribution in [0.25, 0.3) is 0 Å². The summed E-state index contributed by atoms with van der Waals surface area (Å²) in [7, 11) is 0. The molecule has 1 aromatic heterocycles. The lowest BCUT2D eigenvalue weighted by Crippen LogP contribution is -2.51. The van der Waals surface area contributed by atoms with Gasteiger partial charge in [-0.2, -0.15) is 0 Å². The number of urea groups is 1. The fraction of sp³-hybridized carbons (Fsp3) is 0.562. The number of aryl methyl sites for hydroxylation is 1. The summed E-state index contributed by atoms with van der Waals surface area (Å²) in [6.45, 7) is 3.78. The van der Waals surface area contributed by atoms with Crippen molar-refractivity contribution in [2.75, 3.05) is 38.1 Å². The zero-order valence-corrected chi connectivity index (χ0v) is 15.0. The van der Waals surface area contributed by atoms with Gasteiger partial charge < -0.3 is 20.3 Å². The highest BCUT2D eigenvalue weighted by Crippen LogP contribution is 2.38. The van der Waals surface area contributed by atoms with Crippen molar-refractivity contribution < 1.29 is 19.1 Å². The molecule has 1 aliphatic heterocycles. The Morgan fingerprint density at radius 3 is 2.48 bits per heavy atom. The summed E-state index contributed by atoms with van der Waals surface area (Å²) in [5.74, 6) is -0.498. The van der Waals surface area contributed by atoms with Crippen LogP contribution in [0.2, 0.25) is 0 Å². The molecule has 0 bridgehead atoms. The second-order valence-corrected chi connectivity index (χ2v) is 7.13. The van der Waals surface area contributed by atoms with Crippen LogP contribution in [0.3, 0.4) is 0 Å². The average molecular weight is 366 g/mol. The normalized spacial score (nSPS) is 16.5. The van der Waals surface area contributed by atoms with E-state index in [-0.39, 0.29) is 12.1 Å². The van der Waals surface area contributed by atoms with E-state index < -0.39 is 5.91 Å². The van der Waals surface area contributed by atoms with Gasteiger partial charge in [0.05, 0.1) is 12.2 Å². The van der Waals surface area contributed by atoms with Crippen molar-refractivity contribution in [3.05, 3.63) is 16.0 Å². The van der Waals surface area contributed by atoms with Crippen LogP contribution in [0.1, 0.15) is 34.1 Å². The number of anilines is 1. The number of nitrogens with two attached hydrogens (primary N) is 1. The third kappa shape index (κ3) is 3.55. The first-order valence-corrected chi connectivity index (χ1v) is 9.24. The molecule has 8 nitrogen and oxygen atoms in total. The van der Waals surface area contributed by atoms with E-state index >= 15 is 0 Å². The number of carbonyl (C=O) groups is 3. The number of nitrogens with one attached hydrogen (secondary N) is 1. The minimum Gasteiger partial charge on any atom is -0.450 e. The molecule has 2 aliphatic rings. The second kappa shape index (κ2) is 7.30. The topological polar surface area (TPSA) is 105 Å². The molecular formula is C16H22N4O4S.